The minimum Gasteiger partial charge on any atom is -0.340 e. The third-order valence-electron chi connectivity index (χ3n) is 4.73. The molecule has 0 spiro atoms. The number of hydrogen-bond acceptors (Lipinski definition) is 2. The van der Waals surface area contributed by atoms with Gasteiger partial charge in [0.25, 0.3) is 0 Å². The molecule has 0 saturated carbocycles. The van der Waals surface area contributed by atoms with E-state index in [2.05, 4.69) is 52.3 Å². The summed E-state index contributed by atoms with van der Waals surface area (Å²) in [5, 5.41) is 6.42. The lowest BCUT2D eigenvalue weighted by atomic mass is 10.1. The van der Waals surface area contributed by atoms with Crippen molar-refractivity contribution in [1.29, 1.82) is 0 Å². The summed E-state index contributed by atoms with van der Waals surface area (Å²) >= 11 is 6.39. The Bertz CT molecular complexity index is 1100. The maximum Gasteiger partial charge on any atom is 0.0569 e. The number of halogens is 1. The predicted molar refractivity (Wildman–Crippen MR) is 115 cm³/mol. The molecular formula is C23H20ClN3. The van der Waals surface area contributed by atoms with Gasteiger partial charge in [-0.15, -0.1) is 0 Å². The first-order valence-electron chi connectivity index (χ1n) is 8.89. The monoisotopic (exact) mass is 373 g/mol. The average molecular weight is 374 g/mol. The van der Waals surface area contributed by atoms with Gasteiger partial charge in [-0.05, 0) is 36.8 Å². The smallest absolute Gasteiger partial charge is 0.0569 e. The second-order valence-electron chi connectivity index (χ2n) is 6.43. The molecule has 0 aliphatic rings. The van der Waals surface area contributed by atoms with Crippen molar-refractivity contribution >= 4 is 34.4 Å². The molecule has 0 bridgehead atoms. The topological polar surface area (TPSA) is 29.3 Å². The van der Waals surface area contributed by atoms with Crippen LogP contribution in [0.5, 0.6) is 0 Å². The molecule has 0 fully saturated rings. The summed E-state index contributed by atoms with van der Waals surface area (Å²) in [6.07, 6.45) is 1.90. The molecule has 1 N–H and O–H groups in total. The van der Waals surface area contributed by atoms with Crippen LogP contribution in [0.3, 0.4) is 0 Å². The van der Waals surface area contributed by atoms with Gasteiger partial charge in [0.05, 0.1) is 11.9 Å². The number of nitrogens with one attached hydrogen (secondary N) is 1. The van der Waals surface area contributed by atoms with Gasteiger partial charge in [0, 0.05) is 33.7 Å². The summed E-state index contributed by atoms with van der Waals surface area (Å²) in [6, 6.07) is 26.3. The van der Waals surface area contributed by atoms with E-state index >= 15 is 0 Å². The second-order valence-corrected chi connectivity index (χ2v) is 6.84. The summed E-state index contributed by atoms with van der Waals surface area (Å²) < 4.78 is 2.29. The molecule has 0 unspecified atom stereocenters. The van der Waals surface area contributed by atoms with E-state index in [-0.39, 0.29) is 0 Å². The molecule has 0 atom stereocenters. The fraction of sp³-hybridized carbons (Fsp3) is 0.0870. The molecule has 4 rings (SSSR count). The van der Waals surface area contributed by atoms with Crippen LogP contribution in [0.4, 0.5) is 5.69 Å². The molecule has 134 valence electrons. The summed E-state index contributed by atoms with van der Waals surface area (Å²) in [7, 11) is 0. The number of nitrogens with zero attached hydrogens (tertiary/aromatic N) is 2. The van der Waals surface area contributed by atoms with Gasteiger partial charge in [-0.25, -0.2) is 0 Å². The van der Waals surface area contributed by atoms with E-state index in [9.17, 15) is 0 Å². The molecule has 3 aromatic carbocycles. The Kier molecular flexibility index (Phi) is 4.95. The van der Waals surface area contributed by atoms with Crippen LogP contribution in [-0.4, -0.2) is 10.8 Å². The number of anilines is 1. The molecule has 1 heterocycles. The van der Waals surface area contributed by atoms with E-state index < -0.39 is 0 Å². The van der Waals surface area contributed by atoms with E-state index in [1.54, 1.807) is 0 Å². The van der Waals surface area contributed by atoms with Crippen LogP contribution < -0.4 is 5.43 Å². The Morgan fingerprint density at radius 3 is 2.44 bits per heavy atom. The average Bonchev–Trinajstić information content (AvgIpc) is 2.96. The molecule has 3 nitrogen and oxygen atoms in total. The van der Waals surface area contributed by atoms with Crippen LogP contribution in [0.15, 0.2) is 84.0 Å². The molecule has 0 amide bonds. The fourth-order valence-corrected chi connectivity index (χ4v) is 3.50. The van der Waals surface area contributed by atoms with E-state index in [1.165, 1.54) is 10.9 Å². The van der Waals surface area contributed by atoms with Crippen LogP contribution in [0.1, 0.15) is 16.8 Å². The Morgan fingerprint density at radius 2 is 1.63 bits per heavy atom. The fourth-order valence-electron chi connectivity index (χ4n) is 3.31. The minimum atomic E-state index is 0.728. The van der Waals surface area contributed by atoms with Gasteiger partial charge < -0.3 is 4.57 Å². The normalized spacial score (nSPS) is 11.3. The van der Waals surface area contributed by atoms with E-state index in [0.29, 0.717) is 0 Å². The van der Waals surface area contributed by atoms with Crippen LogP contribution in [0, 0.1) is 6.92 Å². The van der Waals surface area contributed by atoms with Crippen molar-refractivity contribution in [2.75, 3.05) is 5.43 Å². The van der Waals surface area contributed by atoms with Crippen molar-refractivity contribution < 1.29 is 0 Å². The van der Waals surface area contributed by atoms with E-state index in [0.717, 1.165) is 34.1 Å². The van der Waals surface area contributed by atoms with Gasteiger partial charge in [0.1, 0.15) is 0 Å². The first-order chi connectivity index (χ1) is 13.2. The van der Waals surface area contributed by atoms with Crippen LogP contribution >= 0.6 is 11.6 Å². The first-order valence-corrected chi connectivity index (χ1v) is 9.27. The highest BCUT2D eigenvalue weighted by Gasteiger charge is 2.13. The van der Waals surface area contributed by atoms with Crippen molar-refractivity contribution in [3.05, 3.63) is 101 Å². The summed E-state index contributed by atoms with van der Waals surface area (Å²) in [4.78, 5) is 0. The van der Waals surface area contributed by atoms with Gasteiger partial charge in [-0.2, -0.15) is 5.10 Å². The lowest BCUT2D eigenvalue weighted by molar-refractivity contribution is 0.804. The maximum atomic E-state index is 6.39. The van der Waals surface area contributed by atoms with E-state index in [1.807, 2.05) is 54.7 Å². The van der Waals surface area contributed by atoms with Gasteiger partial charge in [0.15, 0.2) is 0 Å². The highest BCUT2D eigenvalue weighted by Crippen LogP contribution is 2.27. The van der Waals surface area contributed by atoms with Gasteiger partial charge in [-0.1, -0.05) is 66.2 Å². The molecule has 1 aromatic heterocycles. The van der Waals surface area contributed by atoms with Crippen LogP contribution in [0.2, 0.25) is 5.02 Å². The first kappa shape index (κ1) is 17.4. The predicted octanol–water partition coefficient (Wildman–Crippen LogP) is 6.10. The van der Waals surface area contributed by atoms with Crippen molar-refractivity contribution in [2.24, 2.45) is 5.10 Å². The lowest BCUT2D eigenvalue weighted by Gasteiger charge is -2.10. The quantitative estimate of drug-likeness (QED) is 0.332. The zero-order valence-corrected chi connectivity index (χ0v) is 15.8. The summed E-state index contributed by atoms with van der Waals surface area (Å²) in [5.41, 5.74) is 8.61. The Labute approximate surface area is 163 Å². The van der Waals surface area contributed by atoms with Gasteiger partial charge >= 0.3 is 0 Å². The molecule has 0 aliphatic carbocycles. The largest absolute Gasteiger partial charge is 0.340 e. The van der Waals surface area contributed by atoms with Crippen molar-refractivity contribution in [3.63, 3.8) is 0 Å². The molecule has 0 aliphatic heterocycles. The zero-order valence-electron chi connectivity index (χ0n) is 15.1. The molecule has 0 radical (unpaired) electrons. The maximum absolute atomic E-state index is 6.39. The zero-order chi connectivity index (χ0) is 18.6. The van der Waals surface area contributed by atoms with Crippen LogP contribution in [-0.2, 0) is 6.54 Å². The highest BCUT2D eigenvalue weighted by atomic mass is 35.5. The van der Waals surface area contributed by atoms with Crippen LogP contribution in [0.25, 0.3) is 10.9 Å². The second kappa shape index (κ2) is 7.68. The van der Waals surface area contributed by atoms with E-state index in [4.69, 9.17) is 11.6 Å². The molecular weight excluding hydrogens is 354 g/mol. The summed E-state index contributed by atoms with van der Waals surface area (Å²) in [6.45, 7) is 2.85. The van der Waals surface area contributed by atoms with Crippen molar-refractivity contribution in [1.82, 2.24) is 4.57 Å². The molecule has 27 heavy (non-hydrogen) atoms. The molecule has 4 aromatic rings. The summed E-state index contributed by atoms with van der Waals surface area (Å²) in [5.74, 6) is 0. The van der Waals surface area contributed by atoms with Crippen molar-refractivity contribution in [3.8, 4) is 0 Å². The Balaban J connectivity index is 1.71. The number of fused-ring (bicyclic) bond motifs is 1. The lowest BCUT2D eigenvalue weighted by Crippen LogP contribution is -2.03. The number of para-hydroxylation sites is 2. The molecule has 0 saturated heterocycles. The third kappa shape index (κ3) is 3.60. The Morgan fingerprint density at radius 1 is 0.926 bits per heavy atom. The molecule has 4 heteroatoms. The number of rotatable bonds is 5. The number of benzene rings is 3. The number of hydrazone groups is 1. The van der Waals surface area contributed by atoms with Gasteiger partial charge in [-0.3, -0.25) is 5.43 Å². The standard InChI is InChI=1S/C23H20ClN3/c1-17-21(15-25-26-19-10-3-2-4-11-19)20-12-6-8-14-23(20)27(17)16-18-9-5-7-13-22(18)24/h2-15,26H,16H2,1H3/b25-15-. The minimum absolute atomic E-state index is 0.728. The SMILES string of the molecule is Cc1c(/C=N\Nc2ccccc2)c2ccccc2n1Cc1ccccc1Cl. The highest BCUT2D eigenvalue weighted by molar-refractivity contribution is 6.31. The third-order valence-corrected chi connectivity index (χ3v) is 5.10. The number of hydrogen-bond donors (Lipinski definition) is 1. The number of aromatic nitrogens is 1. The van der Waals surface area contributed by atoms with Crippen molar-refractivity contribution in [2.45, 2.75) is 13.5 Å². The van der Waals surface area contributed by atoms with Gasteiger partial charge in [0.2, 0.25) is 0 Å². The Hall–Kier alpha value is -3.04.